The second-order valence-corrected chi connectivity index (χ2v) is 4.44. The first-order chi connectivity index (χ1) is 6.77. The summed E-state index contributed by atoms with van der Waals surface area (Å²) in [6, 6.07) is 4.13. The quantitative estimate of drug-likeness (QED) is 0.611. The molecule has 1 aromatic heterocycles. The minimum Gasteiger partial charge on any atom is -0.398 e. The van der Waals surface area contributed by atoms with Crippen molar-refractivity contribution < 1.29 is 0 Å². The first-order valence-corrected chi connectivity index (χ1v) is 6.02. The number of halogens is 1. The van der Waals surface area contributed by atoms with Gasteiger partial charge in [0.05, 0.1) is 0 Å². The summed E-state index contributed by atoms with van der Waals surface area (Å²) in [5.41, 5.74) is 9.24. The van der Waals surface area contributed by atoms with Gasteiger partial charge in [-0.1, -0.05) is 6.92 Å². The van der Waals surface area contributed by atoms with Crippen molar-refractivity contribution in [3.05, 3.63) is 28.6 Å². The average molecular weight is 226 g/mol. The molecule has 74 valence electrons. The van der Waals surface area contributed by atoms with Gasteiger partial charge in [-0.25, -0.2) is 0 Å². The average Bonchev–Trinajstić information content (AvgIpc) is 2.65. The first kappa shape index (κ1) is 9.81. The molecule has 1 aromatic carbocycles. The van der Waals surface area contributed by atoms with E-state index in [4.69, 9.17) is 17.3 Å². The van der Waals surface area contributed by atoms with E-state index < -0.39 is 0 Å². The van der Waals surface area contributed by atoms with E-state index in [0.29, 0.717) is 5.88 Å². The zero-order valence-corrected chi connectivity index (χ0v) is 9.58. The van der Waals surface area contributed by atoms with Gasteiger partial charge in [0.2, 0.25) is 0 Å². The number of thiophene rings is 1. The van der Waals surface area contributed by atoms with Gasteiger partial charge >= 0.3 is 0 Å². The Morgan fingerprint density at radius 1 is 1.50 bits per heavy atom. The Hall–Kier alpha value is -0.730. The molecule has 0 aliphatic carbocycles. The van der Waals surface area contributed by atoms with Gasteiger partial charge in [-0.15, -0.1) is 22.9 Å². The second kappa shape index (κ2) is 3.79. The van der Waals surface area contributed by atoms with Crippen LogP contribution in [0.3, 0.4) is 0 Å². The van der Waals surface area contributed by atoms with Crippen molar-refractivity contribution in [2.75, 3.05) is 5.73 Å². The zero-order chi connectivity index (χ0) is 10.1. The lowest BCUT2D eigenvalue weighted by Crippen LogP contribution is -1.95. The van der Waals surface area contributed by atoms with Gasteiger partial charge in [0.15, 0.2) is 0 Å². The minimum absolute atomic E-state index is 0.533. The van der Waals surface area contributed by atoms with E-state index in [0.717, 1.165) is 17.7 Å². The van der Waals surface area contributed by atoms with Gasteiger partial charge < -0.3 is 5.73 Å². The van der Waals surface area contributed by atoms with Crippen LogP contribution in [-0.4, -0.2) is 0 Å². The molecule has 1 nitrogen and oxygen atoms in total. The van der Waals surface area contributed by atoms with Crippen LogP contribution in [0.1, 0.15) is 18.1 Å². The molecule has 0 amide bonds. The molecule has 0 spiro atoms. The van der Waals surface area contributed by atoms with Crippen molar-refractivity contribution in [1.29, 1.82) is 0 Å². The lowest BCUT2D eigenvalue weighted by Gasteiger charge is -2.07. The summed E-state index contributed by atoms with van der Waals surface area (Å²) in [7, 11) is 0. The Morgan fingerprint density at radius 2 is 2.29 bits per heavy atom. The van der Waals surface area contributed by atoms with Crippen LogP contribution in [0, 0.1) is 0 Å². The number of hydrogen-bond acceptors (Lipinski definition) is 2. The molecule has 0 bridgehead atoms. The fourth-order valence-corrected chi connectivity index (χ4v) is 3.02. The number of aryl methyl sites for hydroxylation is 1. The summed E-state index contributed by atoms with van der Waals surface area (Å²) in [5, 5.41) is 3.37. The number of hydrogen-bond donors (Lipinski definition) is 1. The van der Waals surface area contributed by atoms with Crippen LogP contribution in [0.25, 0.3) is 10.1 Å². The van der Waals surface area contributed by atoms with Crippen LogP contribution in [0.5, 0.6) is 0 Å². The molecule has 14 heavy (non-hydrogen) atoms. The van der Waals surface area contributed by atoms with Crippen LogP contribution in [0.15, 0.2) is 17.5 Å². The van der Waals surface area contributed by atoms with Gasteiger partial charge in [-0.2, -0.15) is 0 Å². The standard InChI is InChI=1S/C11H12ClNS/c1-2-8-9-3-4-14-11(9)7(6-12)5-10(8)13/h3-5H,2,6,13H2,1H3. The fourth-order valence-electron chi connectivity index (χ4n) is 1.79. The van der Waals surface area contributed by atoms with E-state index in [-0.39, 0.29) is 0 Å². The Morgan fingerprint density at radius 3 is 2.93 bits per heavy atom. The summed E-state index contributed by atoms with van der Waals surface area (Å²) in [5.74, 6) is 0.533. The molecule has 2 aromatic rings. The number of rotatable bonds is 2. The molecule has 2 N–H and O–H groups in total. The molecule has 0 saturated heterocycles. The number of anilines is 1. The Labute approximate surface area is 92.5 Å². The normalized spacial score (nSPS) is 11.0. The minimum atomic E-state index is 0.533. The lowest BCUT2D eigenvalue weighted by molar-refractivity contribution is 1.16. The summed E-state index contributed by atoms with van der Waals surface area (Å²) < 4.78 is 1.28. The first-order valence-electron chi connectivity index (χ1n) is 4.61. The van der Waals surface area contributed by atoms with Crippen LogP contribution >= 0.6 is 22.9 Å². The molecule has 0 radical (unpaired) electrons. The number of benzene rings is 1. The summed E-state index contributed by atoms with van der Waals surface area (Å²) in [4.78, 5) is 0. The Bertz CT molecular complexity index is 462. The molecule has 0 aliphatic rings. The molecule has 0 atom stereocenters. The highest BCUT2D eigenvalue weighted by Gasteiger charge is 2.09. The topological polar surface area (TPSA) is 26.0 Å². The van der Waals surface area contributed by atoms with Gasteiger partial charge in [0.1, 0.15) is 0 Å². The van der Waals surface area contributed by atoms with Crippen LogP contribution in [0.4, 0.5) is 5.69 Å². The fraction of sp³-hybridized carbons (Fsp3) is 0.273. The van der Waals surface area contributed by atoms with Gasteiger partial charge in [-0.3, -0.25) is 0 Å². The predicted octanol–water partition coefficient (Wildman–Crippen LogP) is 3.78. The zero-order valence-electron chi connectivity index (χ0n) is 8.01. The molecular formula is C11H12ClNS. The van der Waals surface area contributed by atoms with Gasteiger partial charge in [0.25, 0.3) is 0 Å². The van der Waals surface area contributed by atoms with E-state index >= 15 is 0 Å². The number of nitrogens with two attached hydrogens (primary N) is 1. The highest BCUT2D eigenvalue weighted by molar-refractivity contribution is 7.17. The van der Waals surface area contributed by atoms with Crippen molar-refractivity contribution in [2.45, 2.75) is 19.2 Å². The van der Waals surface area contributed by atoms with Gasteiger partial charge in [0, 0.05) is 16.3 Å². The lowest BCUT2D eigenvalue weighted by atomic mass is 10.0. The molecule has 0 unspecified atom stereocenters. The van der Waals surface area contributed by atoms with Crippen molar-refractivity contribution in [2.24, 2.45) is 0 Å². The SMILES string of the molecule is CCc1c(N)cc(CCl)c2sccc12. The van der Waals surface area contributed by atoms with Gasteiger partial charge in [-0.05, 0) is 40.4 Å². The van der Waals surface area contributed by atoms with E-state index in [1.54, 1.807) is 11.3 Å². The molecule has 1 heterocycles. The van der Waals surface area contributed by atoms with E-state index in [2.05, 4.69) is 18.4 Å². The van der Waals surface area contributed by atoms with E-state index in [9.17, 15) is 0 Å². The monoisotopic (exact) mass is 225 g/mol. The number of nitrogen functional groups attached to an aromatic ring is 1. The molecule has 0 fully saturated rings. The third kappa shape index (κ3) is 1.39. The highest BCUT2D eigenvalue weighted by Crippen LogP contribution is 2.33. The molecular weight excluding hydrogens is 214 g/mol. The van der Waals surface area contributed by atoms with Crippen molar-refractivity contribution in [3.8, 4) is 0 Å². The van der Waals surface area contributed by atoms with Crippen molar-refractivity contribution in [1.82, 2.24) is 0 Å². The molecule has 0 aliphatic heterocycles. The Kier molecular flexibility index (Phi) is 2.66. The van der Waals surface area contributed by atoms with E-state index in [1.165, 1.54) is 15.6 Å². The maximum Gasteiger partial charge on any atom is 0.0489 e. The third-order valence-corrected chi connectivity index (χ3v) is 3.74. The number of fused-ring (bicyclic) bond motifs is 1. The molecule has 2 rings (SSSR count). The predicted molar refractivity (Wildman–Crippen MR) is 65.2 cm³/mol. The van der Waals surface area contributed by atoms with E-state index in [1.807, 2.05) is 6.07 Å². The van der Waals surface area contributed by atoms with Crippen LogP contribution in [-0.2, 0) is 12.3 Å². The Balaban J connectivity index is 2.81. The molecule has 3 heteroatoms. The maximum absolute atomic E-state index is 5.98. The summed E-state index contributed by atoms with van der Waals surface area (Å²) in [6.07, 6.45) is 0.974. The van der Waals surface area contributed by atoms with Crippen molar-refractivity contribution in [3.63, 3.8) is 0 Å². The third-order valence-electron chi connectivity index (χ3n) is 2.46. The maximum atomic E-state index is 5.98. The number of alkyl halides is 1. The highest BCUT2D eigenvalue weighted by atomic mass is 35.5. The second-order valence-electron chi connectivity index (χ2n) is 3.25. The summed E-state index contributed by atoms with van der Waals surface area (Å²) in [6.45, 7) is 2.13. The van der Waals surface area contributed by atoms with Crippen LogP contribution < -0.4 is 5.73 Å². The van der Waals surface area contributed by atoms with Crippen molar-refractivity contribution >= 4 is 38.7 Å². The smallest absolute Gasteiger partial charge is 0.0489 e. The largest absolute Gasteiger partial charge is 0.398 e. The van der Waals surface area contributed by atoms with Crippen LogP contribution in [0.2, 0.25) is 0 Å². The molecule has 0 saturated carbocycles. The summed E-state index contributed by atoms with van der Waals surface area (Å²) >= 11 is 7.62.